The van der Waals surface area contributed by atoms with Crippen molar-refractivity contribution in [1.29, 1.82) is 0 Å². The molecule has 0 radical (unpaired) electrons. The Bertz CT molecular complexity index is 2060. The molecule has 0 bridgehead atoms. The van der Waals surface area contributed by atoms with Crippen LogP contribution < -0.4 is 0 Å². The summed E-state index contributed by atoms with van der Waals surface area (Å²) in [6, 6.07) is 0. The fourth-order valence-corrected chi connectivity index (χ4v) is 15.3. The highest BCUT2D eigenvalue weighted by molar-refractivity contribution is 7.47. The van der Waals surface area contributed by atoms with E-state index in [9.17, 15) is 43.2 Å². The minimum atomic E-state index is -4.97. The number of phosphoric ester groups is 2. The van der Waals surface area contributed by atoms with Crippen LogP contribution >= 0.6 is 15.6 Å². The quantitative estimate of drug-likeness (QED) is 0.0222. The molecule has 0 fully saturated rings. The number of aliphatic hydroxyl groups is 1. The first kappa shape index (κ1) is 105. The lowest BCUT2D eigenvalue weighted by Gasteiger charge is -2.21. The molecule has 6 atom stereocenters. The fourth-order valence-electron chi connectivity index (χ4n) is 13.7. The fraction of sp³-hybridized carbons (Fsp3) is 0.955. The topological polar surface area (TPSA) is 237 Å². The first-order chi connectivity index (χ1) is 51.8. The predicted molar refractivity (Wildman–Crippen MR) is 441 cm³/mol. The van der Waals surface area contributed by atoms with Gasteiger partial charge in [-0.05, 0) is 43.4 Å². The number of carbonyl (C=O) groups is 4. The van der Waals surface area contributed by atoms with Gasteiger partial charge >= 0.3 is 39.5 Å². The van der Waals surface area contributed by atoms with E-state index < -0.39 is 97.5 Å². The van der Waals surface area contributed by atoms with Gasteiger partial charge in [0, 0.05) is 25.7 Å². The van der Waals surface area contributed by atoms with Crippen LogP contribution in [0.3, 0.4) is 0 Å². The van der Waals surface area contributed by atoms with Crippen molar-refractivity contribution in [3.8, 4) is 0 Å². The van der Waals surface area contributed by atoms with E-state index in [-0.39, 0.29) is 25.7 Å². The molecule has 0 aliphatic carbocycles. The van der Waals surface area contributed by atoms with E-state index in [4.69, 9.17) is 37.0 Å². The summed E-state index contributed by atoms with van der Waals surface area (Å²) >= 11 is 0. The lowest BCUT2D eigenvalue weighted by atomic mass is 9.99. The molecule has 17 nitrogen and oxygen atoms in total. The summed E-state index contributed by atoms with van der Waals surface area (Å²) in [6.45, 7) is 12.1. The molecule has 0 saturated heterocycles. The van der Waals surface area contributed by atoms with E-state index in [0.717, 1.165) is 108 Å². The summed E-state index contributed by atoms with van der Waals surface area (Å²) < 4.78 is 68.9. The molecule has 0 spiro atoms. The lowest BCUT2D eigenvalue weighted by molar-refractivity contribution is -0.161. The van der Waals surface area contributed by atoms with Gasteiger partial charge in [-0.3, -0.25) is 37.3 Å². The number of ether oxygens (including phenoxy) is 4. The summed E-state index contributed by atoms with van der Waals surface area (Å²) in [5.74, 6) is 0.367. The van der Waals surface area contributed by atoms with Crippen LogP contribution in [0.2, 0.25) is 0 Å². The number of rotatable bonds is 86. The molecule has 0 aromatic heterocycles. The number of aliphatic hydroxyl groups excluding tert-OH is 1. The van der Waals surface area contributed by atoms with Gasteiger partial charge in [0.25, 0.3) is 0 Å². The van der Waals surface area contributed by atoms with Crippen molar-refractivity contribution < 1.29 is 80.2 Å². The van der Waals surface area contributed by atoms with E-state index >= 15 is 0 Å². The molecule has 0 rings (SSSR count). The van der Waals surface area contributed by atoms with Gasteiger partial charge in [0.15, 0.2) is 12.2 Å². The number of unbranched alkanes of at least 4 members (excludes halogenated alkanes) is 53. The molecular formula is C88H172O17P2. The monoisotopic (exact) mass is 1560 g/mol. The van der Waals surface area contributed by atoms with Crippen LogP contribution in [-0.4, -0.2) is 96.7 Å². The maximum absolute atomic E-state index is 13.2. The average molecular weight is 1560 g/mol. The Balaban J connectivity index is 5.20. The summed E-state index contributed by atoms with van der Waals surface area (Å²) in [5, 5.41) is 10.7. The van der Waals surface area contributed by atoms with Gasteiger partial charge < -0.3 is 33.8 Å². The Morgan fingerprint density at radius 1 is 0.271 bits per heavy atom. The van der Waals surface area contributed by atoms with E-state index in [1.165, 1.54) is 276 Å². The number of esters is 4. The molecule has 0 aromatic carbocycles. The average Bonchev–Trinajstić information content (AvgIpc) is 0.903. The van der Waals surface area contributed by atoms with Crippen LogP contribution in [-0.2, 0) is 65.4 Å². The predicted octanol–water partition coefficient (Wildman–Crippen LogP) is 26.9. The molecule has 19 heteroatoms. The van der Waals surface area contributed by atoms with Crippen LogP contribution in [0.15, 0.2) is 0 Å². The Kier molecular flexibility index (Phi) is 76.6. The van der Waals surface area contributed by atoms with Gasteiger partial charge in [0.1, 0.15) is 19.3 Å². The van der Waals surface area contributed by atoms with Gasteiger partial charge in [-0.25, -0.2) is 9.13 Å². The normalized spacial score (nSPS) is 14.1. The highest BCUT2D eigenvalue weighted by atomic mass is 31.2. The summed E-state index contributed by atoms with van der Waals surface area (Å²) in [7, 11) is -9.93. The first-order valence-corrected chi connectivity index (χ1v) is 48.4. The van der Waals surface area contributed by atoms with Gasteiger partial charge in [-0.15, -0.1) is 0 Å². The van der Waals surface area contributed by atoms with Crippen LogP contribution in [0.5, 0.6) is 0 Å². The Hall–Kier alpha value is -1.94. The molecule has 0 amide bonds. The second-order valence-electron chi connectivity index (χ2n) is 32.8. The third kappa shape index (κ3) is 80.5. The molecule has 0 saturated carbocycles. The molecule has 0 aliphatic heterocycles. The molecule has 3 unspecified atom stereocenters. The van der Waals surface area contributed by atoms with Crippen LogP contribution in [0.1, 0.15) is 466 Å². The first-order valence-electron chi connectivity index (χ1n) is 45.4. The molecule has 3 N–H and O–H groups in total. The van der Waals surface area contributed by atoms with Gasteiger partial charge in [0.2, 0.25) is 0 Å². The Morgan fingerprint density at radius 3 is 0.710 bits per heavy atom. The van der Waals surface area contributed by atoms with Crippen molar-refractivity contribution in [1.82, 2.24) is 0 Å². The van der Waals surface area contributed by atoms with E-state index in [2.05, 4.69) is 48.5 Å². The molecule has 636 valence electrons. The molecule has 0 heterocycles. The lowest BCUT2D eigenvalue weighted by Crippen LogP contribution is -2.30. The zero-order valence-corrected chi connectivity index (χ0v) is 72.4. The van der Waals surface area contributed by atoms with Crippen molar-refractivity contribution in [2.24, 2.45) is 17.8 Å². The number of phosphoric acid groups is 2. The highest BCUT2D eigenvalue weighted by Crippen LogP contribution is 2.45. The van der Waals surface area contributed by atoms with Crippen molar-refractivity contribution in [3.63, 3.8) is 0 Å². The number of hydrogen-bond donors (Lipinski definition) is 3. The third-order valence-corrected chi connectivity index (χ3v) is 22.9. The van der Waals surface area contributed by atoms with Crippen molar-refractivity contribution in [2.75, 3.05) is 39.6 Å². The maximum atomic E-state index is 13.2. The van der Waals surface area contributed by atoms with Gasteiger partial charge in [-0.2, -0.15) is 0 Å². The maximum Gasteiger partial charge on any atom is 0.472 e. The highest BCUT2D eigenvalue weighted by Gasteiger charge is 2.31. The molecular weight excluding hydrogens is 1390 g/mol. The second-order valence-corrected chi connectivity index (χ2v) is 35.7. The Labute approximate surface area is 658 Å². The Morgan fingerprint density at radius 2 is 0.477 bits per heavy atom. The standard InChI is InChI=1S/C88H172O17P2/c1-8-10-11-12-13-38-48-55-62-69-85(90)98-75-83(104-88(93)72-65-58-51-44-37-31-30-33-40-46-53-60-67-80(5)6)77-102-106(94,95)100-73-82(89)74-101-107(96,97)103-78-84(76-99-86(91)70-63-56-49-42-35-28-24-20-16-14-18-22-26-32-39-45-52-59-66-79(3)4)105-87(92)71-64-57-50-43-36-29-25-21-17-15-19-23-27-34-41-47-54-61-68-81(7)9-2/h79-84,89H,8-78H2,1-7H3,(H,94,95)(H,96,97)/t81?,82-,83+,84+/m0/s1. The summed E-state index contributed by atoms with van der Waals surface area (Å²) in [6.07, 6.45) is 69.5. The molecule has 107 heavy (non-hydrogen) atoms. The molecule has 0 aromatic rings. The zero-order chi connectivity index (χ0) is 78.6. The van der Waals surface area contributed by atoms with Gasteiger partial charge in [0.05, 0.1) is 26.4 Å². The van der Waals surface area contributed by atoms with E-state index in [0.29, 0.717) is 25.7 Å². The number of hydrogen-bond acceptors (Lipinski definition) is 15. The van der Waals surface area contributed by atoms with Gasteiger partial charge in [-0.1, -0.05) is 414 Å². The third-order valence-electron chi connectivity index (χ3n) is 21.0. The van der Waals surface area contributed by atoms with Crippen LogP contribution in [0.25, 0.3) is 0 Å². The number of carbonyl (C=O) groups excluding carboxylic acids is 4. The largest absolute Gasteiger partial charge is 0.472 e. The summed E-state index contributed by atoms with van der Waals surface area (Å²) in [4.78, 5) is 73.2. The second kappa shape index (κ2) is 78.0. The SMILES string of the molecule is CCCCCCCCCCCC(=O)OC[C@H](COP(=O)(O)OC[C@H](O)COP(=O)(O)OC[C@@H](COC(=O)CCCCCCCCCCCCCCCCCCCCC(C)C)OC(=O)CCCCCCCCCCCCCCCCCCCCC(C)CC)OC(=O)CCCCCCCCCCCCCCC(C)C. The van der Waals surface area contributed by atoms with Crippen molar-refractivity contribution in [3.05, 3.63) is 0 Å². The minimum absolute atomic E-state index is 0.107. The van der Waals surface area contributed by atoms with Crippen LogP contribution in [0, 0.1) is 17.8 Å². The van der Waals surface area contributed by atoms with Crippen molar-refractivity contribution in [2.45, 2.75) is 484 Å². The van der Waals surface area contributed by atoms with E-state index in [1.54, 1.807) is 0 Å². The minimum Gasteiger partial charge on any atom is -0.462 e. The van der Waals surface area contributed by atoms with Crippen molar-refractivity contribution >= 4 is 39.5 Å². The van der Waals surface area contributed by atoms with E-state index in [1.807, 2.05) is 0 Å². The van der Waals surface area contributed by atoms with Crippen LogP contribution in [0.4, 0.5) is 0 Å². The molecule has 0 aliphatic rings. The zero-order valence-electron chi connectivity index (χ0n) is 70.6. The summed E-state index contributed by atoms with van der Waals surface area (Å²) in [5.41, 5.74) is 0. The smallest absolute Gasteiger partial charge is 0.462 e.